The molecule has 0 bridgehead atoms. The van der Waals surface area contributed by atoms with Gasteiger partial charge in [-0.2, -0.15) is 0 Å². The summed E-state index contributed by atoms with van der Waals surface area (Å²) in [6, 6.07) is 13.7. The van der Waals surface area contributed by atoms with Gasteiger partial charge in [-0.15, -0.1) is 0 Å². The number of nitrogens with zero attached hydrogens (tertiary/aromatic N) is 2. The van der Waals surface area contributed by atoms with Crippen molar-refractivity contribution in [1.29, 1.82) is 0 Å². The number of carbonyl (C=O) groups excluding carboxylic acids is 2. The summed E-state index contributed by atoms with van der Waals surface area (Å²) in [5.74, 6) is -0.414. The standard InChI is InChI=1S/C26H35Cl2N3O4S/c1-4-5-16-29-26(33)20(2)30(18-15-21-10-7-6-8-11-21)25(32)12-9-17-31(36(3,34)35)24-19-22(27)13-14-23(24)28/h6-8,10-11,13-14,19-20H,4-5,9,12,15-18H2,1-3H3,(H,29,33)/t20-/m0/s1. The highest BCUT2D eigenvalue weighted by Gasteiger charge is 2.26. The van der Waals surface area contributed by atoms with E-state index in [1.165, 1.54) is 12.1 Å². The lowest BCUT2D eigenvalue weighted by Crippen LogP contribution is -2.49. The first-order chi connectivity index (χ1) is 17.0. The van der Waals surface area contributed by atoms with Gasteiger partial charge in [0.05, 0.1) is 17.0 Å². The largest absolute Gasteiger partial charge is 0.354 e. The van der Waals surface area contributed by atoms with E-state index >= 15 is 0 Å². The van der Waals surface area contributed by atoms with Crippen LogP contribution in [0.5, 0.6) is 0 Å². The second-order valence-corrected chi connectivity index (χ2v) is 11.4. The van der Waals surface area contributed by atoms with Crippen LogP contribution in [0.1, 0.15) is 45.1 Å². The first kappa shape index (κ1) is 29.9. The predicted molar refractivity (Wildman–Crippen MR) is 147 cm³/mol. The molecule has 2 aromatic rings. The molecule has 0 radical (unpaired) electrons. The van der Waals surface area contributed by atoms with E-state index in [-0.39, 0.29) is 41.9 Å². The smallest absolute Gasteiger partial charge is 0.242 e. The molecule has 2 amide bonds. The lowest BCUT2D eigenvalue weighted by Gasteiger charge is -2.29. The van der Waals surface area contributed by atoms with Crippen molar-refractivity contribution in [3.63, 3.8) is 0 Å². The third-order valence-electron chi connectivity index (χ3n) is 5.81. The van der Waals surface area contributed by atoms with Gasteiger partial charge in [0.15, 0.2) is 0 Å². The molecule has 0 aromatic heterocycles. The fourth-order valence-corrected chi connectivity index (χ4v) is 5.17. The molecule has 0 saturated carbocycles. The molecule has 2 rings (SSSR count). The third kappa shape index (κ3) is 9.30. The van der Waals surface area contributed by atoms with Crippen molar-refractivity contribution >= 4 is 50.7 Å². The van der Waals surface area contributed by atoms with Crippen molar-refractivity contribution in [1.82, 2.24) is 10.2 Å². The second-order valence-electron chi connectivity index (χ2n) is 8.68. The summed E-state index contributed by atoms with van der Waals surface area (Å²) in [7, 11) is -3.66. The molecule has 198 valence electrons. The molecular formula is C26H35Cl2N3O4S. The van der Waals surface area contributed by atoms with Crippen molar-refractivity contribution < 1.29 is 18.0 Å². The maximum absolute atomic E-state index is 13.3. The Morgan fingerprint density at radius 3 is 2.36 bits per heavy atom. The van der Waals surface area contributed by atoms with Crippen LogP contribution in [0, 0.1) is 0 Å². The zero-order valence-corrected chi connectivity index (χ0v) is 23.4. The summed E-state index contributed by atoms with van der Waals surface area (Å²) < 4.78 is 26.1. The SMILES string of the molecule is CCCCNC(=O)[C@H](C)N(CCc1ccccc1)C(=O)CCCN(c1cc(Cl)ccc1Cl)S(C)(=O)=O. The zero-order valence-electron chi connectivity index (χ0n) is 21.0. The van der Waals surface area contributed by atoms with E-state index in [1.54, 1.807) is 17.9 Å². The Labute approximate surface area is 224 Å². The molecule has 10 heteroatoms. The van der Waals surface area contributed by atoms with Gasteiger partial charge in [0.25, 0.3) is 0 Å². The fraction of sp³-hybridized carbons (Fsp3) is 0.462. The highest BCUT2D eigenvalue weighted by molar-refractivity contribution is 7.92. The maximum Gasteiger partial charge on any atom is 0.242 e. The van der Waals surface area contributed by atoms with Crippen LogP contribution in [0.4, 0.5) is 5.69 Å². The molecule has 0 aliphatic heterocycles. The minimum absolute atomic E-state index is 0.0498. The van der Waals surface area contributed by atoms with Crippen molar-refractivity contribution in [2.24, 2.45) is 0 Å². The quantitative estimate of drug-likeness (QED) is 0.335. The highest BCUT2D eigenvalue weighted by atomic mass is 35.5. The van der Waals surface area contributed by atoms with Crippen LogP contribution in [0.15, 0.2) is 48.5 Å². The van der Waals surface area contributed by atoms with Crippen LogP contribution in [0.2, 0.25) is 10.0 Å². The topological polar surface area (TPSA) is 86.8 Å². The first-order valence-corrected chi connectivity index (χ1v) is 14.7. The molecule has 7 nitrogen and oxygen atoms in total. The Kier molecular flexibility index (Phi) is 12.0. The Hall–Kier alpha value is -2.29. The van der Waals surface area contributed by atoms with Gasteiger partial charge in [0.2, 0.25) is 21.8 Å². The predicted octanol–water partition coefficient (Wildman–Crippen LogP) is 4.92. The number of anilines is 1. The molecule has 0 spiro atoms. The summed E-state index contributed by atoms with van der Waals surface area (Å²) >= 11 is 12.3. The van der Waals surface area contributed by atoms with Crippen LogP contribution in [-0.4, -0.2) is 57.1 Å². The molecule has 1 N–H and O–H groups in total. The number of carbonyl (C=O) groups is 2. The van der Waals surface area contributed by atoms with Crippen LogP contribution in [0.25, 0.3) is 0 Å². The van der Waals surface area contributed by atoms with Crippen LogP contribution in [-0.2, 0) is 26.0 Å². The van der Waals surface area contributed by atoms with Gasteiger partial charge in [0.1, 0.15) is 6.04 Å². The Balaban J connectivity index is 2.12. The number of unbranched alkanes of at least 4 members (excludes halogenated alkanes) is 1. The van der Waals surface area contributed by atoms with E-state index in [1.807, 2.05) is 37.3 Å². The van der Waals surface area contributed by atoms with Crippen molar-refractivity contribution in [3.05, 3.63) is 64.1 Å². The van der Waals surface area contributed by atoms with Crippen LogP contribution < -0.4 is 9.62 Å². The highest BCUT2D eigenvalue weighted by Crippen LogP contribution is 2.31. The van der Waals surface area contributed by atoms with Gasteiger partial charge in [-0.1, -0.05) is 66.9 Å². The fourth-order valence-electron chi connectivity index (χ4n) is 3.77. The number of rotatable bonds is 14. The van der Waals surface area contributed by atoms with Crippen LogP contribution in [0.3, 0.4) is 0 Å². The number of amides is 2. The molecule has 0 unspecified atom stereocenters. The lowest BCUT2D eigenvalue weighted by molar-refractivity contribution is -0.139. The lowest BCUT2D eigenvalue weighted by atomic mass is 10.1. The zero-order chi connectivity index (χ0) is 26.7. The Bertz CT molecular complexity index is 1110. The van der Waals surface area contributed by atoms with Crippen molar-refractivity contribution in [2.75, 3.05) is 30.2 Å². The molecule has 0 saturated heterocycles. The number of benzene rings is 2. The summed E-state index contributed by atoms with van der Waals surface area (Å²) in [6.45, 7) is 4.75. The molecule has 0 aliphatic rings. The van der Waals surface area contributed by atoms with Gasteiger partial charge in [-0.3, -0.25) is 13.9 Å². The Morgan fingerprint density at radius 1 is 1.03 bits per heavy atom. The van der Waals surface area contributed by atoms with Crippen molar-refractivity contribution in [2.45, 2.75) is 52.0 Å². The molecule has 1 atom stereocenters. The summed E-state index contributed by atoms with van der Waals surface area (Å²) in [5, 5.41) is 3.50. The number of sulfonamides is 1. The summed E-state index contributed by atoms with van der Waals surface area (Å²) in [4.78, 5) is 27.6. The minimum Gasteiger partial charge on any atom is -0.354 e. The molecular weight excluding hydrogens is 521 g/mol. The van der Waals surface area contributed by atoms with Gasteiger partial charge in [0, 0.05) is 31.1 Å². The summed E-state index contributed by atoms with van der Waals surface area (Å²) in [5.41, 5.74) is 1.33. The van der Waals surface area contributed by atoms with Crippen molar-refractivity contribution in [3.8, 4) is 0 Å². The van der Waals surface area contributed by atoms with E-state index in [2.05, 4.69) is 5.32 Å². The minimum atomic E-state index is -3.66. The second kappa shape index (κ2) is 14.4. The molecule has 0 aliphatic carbocycles. The van der Waals surface area contributed by atoms with Crippen LogP contribution >= 0.6 is 23.2 Å². The molecule has 0 fully saturated rings. The molecule has 2 aromatic carbocycles. The average molecular weight is 557 g/mol. The normalized spacial score (nSPS) is 12.1. The van der Waals surface area contributed by atoms with E-state index in [9.17, 15) is 18.0 Å². The van der Waals surface area contributed by atoms with E-state index in [0.29, 0.717) is 24.5 Å². The van der Waals surface area contributed by atoms with Gasteiger partial charge < -0.3 is 10.2 Å². The van der Waals surface area contributed by atoms with Gasteiger partial charge in [-0.25, -0.2) is 8.42 Å². The third-order valence-corrected chi connectivity index (χ3v) is 7.54. The average Bonchev–Trinajstić information content (AvgIpc) is 2.83. The van der Waals surface area contributed by atoms with Gasteiger partial charge in [-0.05, 0) is 49.9 Å². The van der Waals surface area contributed by atoms with E-state index in [0.717, 1.165) is 29.0 Å². The van der Waals surface area contributed by atoms with E-state index < -0.39 is 16.1 Å². The number of halogens is 2. The van der Waals surface area contributed by atoms with Gasteiger partial charge >= 0.3 is 0 Å². The monoisotopic (exact) mass is 555 g/mol. The molecule has 36 heavy (non-hydrogen) atoms. The Morgan fingerprint density at radius 2 is 1.72 bits per heavy atom. The molecule has 0 heterocycles. The maximum atomic E-state index is 13.3. The number of hydrogen-bond donors (Lipinski definition) is 1. The summed E-state index contributed by atoms with van der Waals surface area (Å²) in [6.07, 6.45) is 3.84. The number of nitrogens with one attached hydrogen (secondary N) is 1. The first-order valence-electron chi connectivity index (χ1n) is 12.1. The van der Waals surface area contributed by atoms with E-state index in [4.69, 9.17) is 23.2 Å². The number of hydrogen-bond acceptors (Lipinski definition) is 4.